The third-order valence-corrected chi connectivity index (χ3v) is 6.92. The molecule has 3 heterocycles. The summed E-state index contributed by atoms with van der Waals surface area (Å²) in [5.41, 5.74) is 7.95. The molecule has 0 bridgehead atoms. The number of nitrogens with one attached hydrogen (secondary N) is 1. The second kappa shape index (κ2) is 7.65. The normalized spacial score (nSPS) is 11.2. The number of nitrogens with two attached hydrogens (primary N) is 1. The van der Waals surface area contributed by atoms with Crippen LogP contribution in [0.5, 0.6) is 0 Å². The molecule has 0 aliphatic rings. The average molecular weight is 397 g/mol. The molecule has 7 nitrogen and oxygen atoms in total. The van der Waals surface area contributed by atoms with Crippen LogP contribution in [0.25, 0.3) is 0 Å². The van der Waals surface area contributed by atoms with Crippen LogP contribution in [0, 0.1) is 13.8 Å². The van der Waals surface area contributed by atoms with Gasteiger partial charge in [0.05, 0.1) is 15.5 Å². The number of nitrogen functional groups attached to an aromatic ring is 1. The van der Waals surface area contributed by atoms with Gasteiger partial charge in [0.1, 0.15) is 11.6 Å². The van der Waals surface area contributed by atoms with Crippen LogP contribution in [0.2, 0.25) is 0 Å². The number of thiazole rings is 2. The van der Waals surface area contributed by atoms with E-state index in [1.54, 1.807) is 24.5 Å². The summed E-state index contributed by atoms with van der Waals surface area (Å²) in [4.78, 5) is 23.7. The van der Waals surface area contributed by atoms with Gasteiger partial charge in [-0.15, -0.1) is 0 Å². The number of aromatic amines is 1. The number of nitrogens with zero attached hydrogens (tertiary/aromatic N) is 3. The monoisotopic (exact) mass is 396 g/mol. The largest absolute Gasteiger partial charge is 0.396 e. The molecular formula is C15H18N5O2S3+. The molecule has 0 spiro atoms. The van der Waals surface area contributed by atoms with Crippen molar-refractivity contribution in [2.45, 2.75) is 36.2 Å². The highest BCUT2D eigenvalue weighted by Gasteiger charge is 2.26. The fourth-order valence-corrected chi connectivity index (χ4v) is 5.53. The maximum atomic E-state index is 11.4. The Balaban J connectivity index is 1.98. The van der Waals surface area contributed by atoms with E-state index in [0.29, 0.717) is 24.6 Å². The van der Waals surface area contributed by atoms with Crippen LogP contribution < -0.4 is 15.2 Å². The summed E-state index contributed by atoms with van der Waals surface area (Å²) in [6, 6.07) is 0. The molecule has 0 atom stereocenters. The molecule has 0 aromatic carbocycles. The minimum atomic E-state index is -0.0749. The predicted molar refractivity (Wildman–Crippen MR) is 99.4 cm³/mol. The van der Waals surface area contributed by atoms with Gasteiger partial charge in [0.15, 0.2) is 12.2 Å². The van der Waals surface area contributed by atoms with Crippen molar-refractivity contribution < 1.29 is 9.67 Å². The van der Waals surface area contributed by atoms with Gasteiger partial charge in [0.2, 0.25) is 0 Å². The van der Waals surface area contributed by atoms with Crippen LogP contribution in [-0.2, 0) is 13.0 Å². The molecule has 0 aliphatic heterocycles. The van der Waals surface area contributed by atoms with Crippen molar-refractivity contribution in [2.75, 3.05) is 12.3 Å². The minimum Gasteiger partial charge on any atom is -0.396 e. The molecule has 0 unspecified atom stereocenters. The lowest BCUT2D eigenvalue weighted by molar-refractivity contribution is -0.723. The summed E-state index contributed by atoms with van der Waals surface area (Å²) in [5, 5.41) is 11.9. The van der Waals surface area contributed by atoms with Gasteiger partial charge in [0, 0.05) is 43.3 Å². The highest BCUT2D eigenvalue weighted by Crippen LogP contribution is 2.31. The number of anilines is 1. The Bertz CT molecular complexity index is 947. The average Bonchev–Trinajstić information content (AvgIpc) is 3.09. The van der Waals surface area contributed by atoms with Crippen molar-refractivity contribution >= 4 is 40.3 Å². The van der Waals surface area contributed by atoms with Crippen molar-refractivity contribution in [1.82, 2.24) is 15.0 Å². The highest BCUT2D eigenvalue weighted by molar-refractivity contribution is 8.00. The van der Waals surface area contributed by atoms with Crippen LogP contribution in [0.15, 0.2) is 25.7 Å². The van der Waals surface area contributed by atoms with Gasteiger partial charge < -0.3 is 15.8 Å². The first kappa shape index (κ1) is 18.1. The molecular weight excluding hydrogens is 378 g/mol. The molecule has 0 fully saturated rings. The van der Waals surface area contributed by atoms with Crippen molar-refractivity contribution in [1.29, 1.82) is 0 Å². The van der Waals surface area contributed by atoms with Gasteiger partial charge in [0.25, 0.3) is 0 Å². The van der Waals surface area contributed by atoms with E-state index in [1.165, 1.54) is 11.8 Å². The lowest BCUT2D eigenvalue weighted by Gasteiger charge is -2.03. The Kier molecular flexibility index (Phi) is 5.52. The van der Waals surface area contributed by atoms with Gasteiger partial charge >= 0.3 is 9.21 Å². The van der Waals surface area contributed by atoms with Gasteiger partial charge in [-0.3, -0.25) is 4.79 Å². The molecule has 25 heavy (non-hydrogen) atoms. The van der Waals surface area contributed by atoms with E-state index in [4.69, 9.17) is 5.73 Å². The van der Waals surface area contributed by atoms with Crippen molar-refractivity contribution in [3.63, 3.8) is 0 Å². The van der Waals surface area contributed by atoms with Gasteiger partial charge in [-0.1, -0.05) is 22.7 Å². The standard InChI is InChI=1S/C15H17N5O2S3/c1-8-11(3-4-21)24-15(25-12-7-23-14(22)19-12)20(8)6-10-5-17-9(2)18-13(10)16/h5,7,21H,3-4,6H2,1-2H3,(H2-,16,17,18,19,22)/p+1. The molecule has 132 valence electrons. The molecule has 0 saturated carbocycles. The fourth-order valence-electron chi connectivity index (χ4n) is 2.33. The predicted octanol–water partition coefficient (Wildman–Crippen LogP) is 1.51. The van der Waals surface area contributed by atoms with E-state index < -0.39 is 0 Å². The van der Waals surface area contributed by atoms with Gasteiger partial charge in [-0.25, -0.2) is 9.97 Å². The maximum Gasteiger partial charge on any atom is 0.305 e. The summed E-state index contributed by atoms with van der Waals surface area (Å²) in [5.74, 6) is 1.11. The quantitative estimate of drug-likeness (QED) is 0.545. The number of H-pyrrole nitrogens is 1. The summed E-state index contributed by atoms with van der Waals surface area (Å²) >= 11 is 4.25. The summed E-state index contributed by atoms with van der Waals surface area (Å²) in [7, 11) is 0. The molecule has 3 aromatic heterocycles. The number of aliphatic hydroxyl groups excluding tert-OH is 1. The Morgan fingerprint density at radius 3 is 2.88 bits per heavy atom. The number of hydrogen-bond acceptors (Lipinski definition) is 8. The summed E-state index contributed by atoms with van der Waals surface area (Å²) in [6.07, 6.45) is 2.34. The van der Waals surface area contributed by atoms with E-state index in [-0.39, 0.29) is 11.5 Å². The van der Waals surface area contributed by atoms with E-state index in [2.05, 4.69) is 19.5 Å². The number of aryl methyl sites for hydroxylation is 1. The third kappa shape index (κ3) is 4.09. The Morgan fingerprint density at radius 1 is 1.44 bits per heavy atom. The molecule has 10 heteroatoms. The van der Waals surface area contributed by atoms with Gasteiger partial charge in [-0.2, -0.15) is 4.57 Å². The minimum absolute atomic E-state index is 0.0749. The molecule has 0 radical (unpaired) electrons. The van der Waals surface area contributed by atoms with Crippen LogP contribution in [-0.4, -0.2) is 26.7 Å². The molecule has 0 aliphatic carbocycles. The number of aliphatic hydroxyl groups is 1. The topological polar surface area (TPSA) is 109 Å². The van der Waals surface area contributed by atoms with Crippen LogP contribution in [0.4, 0.5) is 5.82 Å². The summed E-state index contributed by atoms with van der Waals surface area (Å²) in [6.45, 7) is 4.46. The Morgan fingerprint density at radius 2 is 2.24 bits per heavy atom. The third-order valence-electron chi connectivity index (χ3n) is 3.62. The molecule has 3 rings (SSSR count). The van der Waals surface area contributed by atoms with Crippen molar-refractivity contribution in [3.8, 4) is 0 Å². The lowest BCUT2D eigenvalue weighted by atomic mass is 10.2. The Hall–Kier alpha value is -1.75. The molecule has 4 N–H and O–H groups in total. The zero-order valence-corrected chi connectivity index (χ0v) is 16.2. The second-order valence-corrected chi connectivity index (χ2v) is 8.59. The van der Waals surface area contributed by atoms with E-state index in [9.17, 15) is 9.90 Å². The molecule has 0 amide bonds. The SMILES string of the molecule is Cc1ncc(C[n+]2c(Sc3csc(=O)[nH]3)sc(CCO)c2C)c(N)n1. The van der Waals surface area contributed by atoms with Crippen LogP contribution >= 0.6 is 34.4 Å². The zero-order valence-electron chi connectivity index (χ0n) is 13.8. The first-order valence-electron chi connectivity index (χ1n) is 7.54. The molecule has 0 saturated heterocycles. The van der Waals surface area contributed by atoms with Gasteiger partial charge in [-0.05, 0) is 6.92 Å². The Labute approximate surface area is 156 Å². The number of rotatable bonds is 6. The maximum absolute atomic E-state index is 11.4. The number of hydrogen-bond donors (Lipinski definition) is 3. The molecule has 3 aromatic rings. The van der Waals surface area contributed by atoms with E-state index in [1.807, 2.05) is 12.3 Å². The first-order valence-corrected chi connectivity index (χ1v) is 10.1. The fraction of sp³-hybridized carbons (Fsp3) is 0.333. The second-order valence-electron chi connectivity index (χ2n) is 5.38. The van der Waals surface area contributed by atoms with Crippen LogP contribution in [0.1, 0.15) is 22.0 Å². The zero-order chi connectivity index (χ0) is 18.0. The van der Waals surface area contributed by atoms with E-state index >= 15 is 0 Å². The van der Waals surface area contributed by atoms with Crippen LogP contribution in [0.3, 0.4) is 0 Å². The van der Waals surface area contributed by atoms with Crippen molar-refractivity contribution in [2.24, 2.45) is 0 Å². The summed E-state index contributed by atoms with van der Waals surface area (Å²) < 4.78 is 3.13. The number of aromatic nitrogens is 4. The first-order chi connectivity index (χ1) is 12.0. The smallest absolute Gasteiger partial charge is 0.305 e. The highest BCUT2D eigenvalue weighted by atomic mass is 32.2. The van der Waals surface area contributed by atoms with E-state index in [0.717, 1.165) is 36.8 Å². The lowest BCUT2D eigenvalue weighted by Crippen LogP contribution is -2.38. The van der Waals surface area contributed by atoms with Crippen molar-refractivity contribution in [3.05, 3.63) is 43.2 Å².